The molecule has 5 nitrogen and oxygen atoms in total. The molecule has 0 radical (unpaired) electrons. The summed E-state index contributed by atoms with van der Waals surface area (Å²) in [5.74, 6) is 0.480. The van der Waals surface area contributed by atoms with Crippen molar-refractivity contribution in [1.29, 1.82) is 0 Å². The zero-order valence-corrected chi connectivity index (χ0v) is 9.73. The van der Waals surface area contributed by atoms with Gasteiger partial charge in [0.05, 0.1) is 11.4 Å². The van der Waals surface area contributed by atoms with E-state index in [0.29, 0.717) is 5.82 Å². The quantitative estimate of drug-likeness (QED) is 0.828. The highest BCUT2D eigenvalue weighted by atomic mass is 15.3. The molecule has 2 N–H and O–H groups in total. The third kappa shape index (κ3) is 1.64. The topological polar surface area (TPSA) is 69.6 Å². The molecule has 0 atom stereocenters. The summed E-state index contributed by atoms with van der Waals surface area (Å²) in [5, 5.41) is 4.45. The maximum absolute atomic E-state index is 5.66. The van der Waals surface area contributed by atoms with E-state index in [1.54, 1.807) is 6.07 Å². The van der Waals surface area contributed by atoms with Gasteiger partial charge >= 0.3 is 0 Å². The zero-order chi connectivity index (χ0) is 11.7. The van der Waals surface area contributed by atoms with Crippen molar-refractivity contribution >= 4 is 5.82 Å². The summed E-state index contributed by atoms with van der Waals surface area (Å²) in [7, 11) is 0. The van der Waals surface area contributed by atoms with Crippen LogP contribution in [0.3, 0.4) is 0 Å². The summed E-state index contributed by atoms with van der Waals surface area (Å²) in [6.07, 6.45) is 1.48. The van der Waals surface area contributed by atoms with Crippen LogP contribution in [0.25, 0.3) is 11.3 Å². The minimum Gasteiger partial charge on any atom is -0.384 e. The molecule has 2 aromatic heterocycles. The number of nitrogens with two attached hydrogens (primary N) is 1. The Balaban J connectivity index is 2.60. The van der Waals surface area contributed by atoms with Gasteiger partial charge in [-0.3, -0.25) is 4.68 Å². The zero-order valence-electron chi connectivity index (χ0n) is 9.73. The average molecular weight is 217 g/mol. The van der Waals surface area contributed by atoms with E-state index in [1.165, 1.54) is 6.33 Å². The average Bonchev–Trinajstić information content (AvgIpc) is 2.53. The number of rotatable bonds is 2. The molecule has 2 aromatic rings. The van der Waals surface area contributed by atoms with Crippen molar-refractivity contribution in [3.8, 4) is 11.3 Å². The molecule has 5 heteroatoms. The Bertz CT molecular complexity index is 515. The van der Waals surface area contributed by atoms with Crippen molar-refractivity contribution in [1.82, 2.24) is 19.7 Å². The molecule has 84 valence electrons. The van der Waals surface area contributed by atoms with Crippen LogP contribution in [0.1, 0.15) is 18.3 Å². The van der Waals surface area contributed by atoms with E-state index in [2.05, 4.69) is 22.0 Å². The molecule has 0 saturated heterocycles. The van der Waals surface area contributed by atoms with Crippen LogP contribution in [0.5, 0.6) is 0 Å². The second-order valence-corrected chi connectivity index (χ2v) is 3.69. The first kappa shape index (κ1) is 10.6. The fourth-order valence-corrected chi connectivity index (χ4v) is 1.88. The maximum Gasteiger partial charge on any atom is 0.127 e. The first-order valence-electron chi connectivity index (χ1n) is 5.25. The Labute approximate surface area is 94.3 Å². The predicted octanol–water partition coefficient (Wildman–Crippen LogP) is 1.56. The minimum atomic E-state index is 0.480. The van der Waals surface area contributed by atoms with Crippen LogP contribution in [-0.2, 0) is 6.54 Å². The molecule has 16 heavy (non-hydrogen) atoms. The van der Waals surface area contributed by atoms with Crippen molar-refractivity contribution in [3.05, 3.63) is 23.8 Å². The van der Waals surface area contributed by atoms with Gasteiger partial charge < -0.3 is 5.73 Å². The first-order valence-corrected chi connectivity index (χ1v) is 5.25. The number of aryl methyl sites for hydroxylation is 2. The van der Waals surface area contributed by atoms with Gasteiger partial charge in [0.2, 0.25) is 0 Å². The number of aromatic nitrogens is 4. The molecule has 2 rings (SSSR count). The summed E-state index contributed by atoms with van der Waals surface area (Å²) < 4.78 is 1.96. The fraction of sp³-hybridized carbons (Fsp3) is 0.364. The Kier molecular flexibility index (Phi) is 2.60. The van der Waals surface area contributed by atoms with Gasteiger partial charge in [-0.25, -0.2) is 9.97 Å². The molecule has 0 spiro atoms. The third-order valence-corrected chi connectivity index (χ3v) is 2.63. The van der Waals surface area contributed by atoms with Crippen LogP contribution < -0.4 is 5.73 Å². The summed E-state index contributed by atoms with van der Waals surface area (Å²) in [6, 6.07) is 1.77. The largest absolute Gasteiger partial charge is 0.384 e. The standard InChI is InChI=1S/C11H15N5/c1-4-16-8(3)11(7(2)15-16)9-5-10(12)14-6-13-9/h5-6H,4H2,1-3H3,(H2,12,13,14). The van der Waals surface area contributed by atoms with Gasteiger partial charge in [0.25, 0.3) is 0 Å². The Morgan fingerprint density at radius 1 is 1.31 bits per heavy atom. The van der Waals surface area contributed by atoms with Gasteiger partial charge in [0.1, 0.15) is 12.1 Å². The van der Waals surface area contributed by atoms with Crippen molar-refractivity contribution in [2.24, 2.45) is 0 Å². The number of nitrogen functional groups attached to an aromatic ring is 1. The van der Waals surface area contributed by atoms with Crippen molar-refractivity contribution < 1.29 is 0 Å². The van der Waals surface area contributed by atoms with Gasteiger partial charge in [-0.1, -0.05) is 0 Å². The van der Waals surface area contributed by atoms with Crippen LogP contribution >= 0.6 is 0 Å². The molecule has 0 unspecified atom stereocenters. The summed E-state index contributed by atoms with van der Waals surface area (Å²) >= 11 is 0. The highest BCUT2D eigenvalue weighted by Crippen LogP contribution is 2.25. The van der Waals surface area contributed by atoms with Crippen molar-refractivity contribution in [2.45, 2.75) is 27.3 Å². The van der Waals surface area contributed by atoms with Crippen LogP contribution in [0, 0.1) is 13.8 Å². The fourth-order valence-electron chi connectivity index (χ4n) is 1.88. The molecule has 0 amide bonds. The summed E-state index contributed by atoms with van der Waals surface area (Å²) in [4.78, 5) is 8.13. The second kappa shape index (κ2) is 3.92. The van der Waals surface area contributed by atoms with Crippen LogP contribution in [0.15, 0.2) is 12.4 Å². The highest BCUT2D eigenvalue weighted by Gasteiger charge is 2.13. The summed E-state index contributed by atoms with van der Waals surface area (Å²) in [6.45, 7) is 6.94. The van der Waals surface area contributed by atoms with E-state index in [1.807, 2.05) is 18.5 Å². The van der Waals surface area contributed by atoms with Crippen molar-refractivity contribution in [3.63, 3.8) is 0 Å². The number of hydrogen-bond donors (Lipinski definition) is 1. The maximum atomic E-state index is 5.66. The molecule has 0 fully saturated rings. The highest BCUT2D eigenvalue weighted by molar-refractivity contribution is 5.66. The van der Waals surface area contributed by atoms with E-state index in [0.717, 1.165) is 29.2 Å². The molecule has 0 aromatic carbocycles. The second-order valence-electron chi connectivity index (χ2n) is 3.69. The molecule has 0 aliphatic carbocycles. The molecule has 0 aliphatic heterocycles. The van der Waals surface area contributed by atoms with E-state index >= 15 is 0 Å². The monoisotopic (exact) mass is 217 g/mol. The van der Waals surface area contributed by atoms with Crippen LogP contribution in [0.4, 0.5) is 5.82 Å². The third-order valence-electron chi connectivity index (χ3n) is 2.63. The van der Waals surface area contributed by atoms with Gasteiger partial charge in [-0.15, -0.1) is 0 Å². The lowest BCUT2D eigenvalue weighted by Gasteiger charge is -2.02. The van der Waals surface area contributed by atoms with Gasteiger partial charge in [0.15, 0.2) is 0 Å². The lowest BCUT2D eigenvalue weighted by molar-refractivity contribution is 0.634. The molecule has 0 saturated carbocycles. The normalized spacial score (nSPS) is 10.7. The Morgan fingerprint density at radius 3 is 2.62 bits per heavy atom. The van der Waals surface area contributed by atoms with Gasteiger partial charge in [-0.2, -0.15) is 5.10 Å². The first-order chi connectivity index (χ1) is 7.63. The van der Waals surface area contributed by atoms with Crippen LogP contribution in [0.2, 0.25) is 0 Å². The van der Waals surface area contributed by atoms with E-state index in [9.17, 15) is 0 Å². The van der Waals surface area contributed by atoms with Crippen LogP contribution in [-0.4, -0.2) is 19.7 Å². The molecule has 2 heterocycles. The van der Waals surface area contributed by atoms with Gasteiger partial charge in [0, 0.05) is 23.9 Å². The number of nitrogens with zero attached hydrogens (tertiary/aromatic N) is 4. The van der Waals surface area contributed by atoms with E-state index < -0.39 is 0 Å². The number of hydrogen-bond acceptors (Lipinski definition) is 4. The lowest BCUT2D eigenvalue weighted by atomic mass is 10.1. The van der Waals surface area contributed by atoms with Gasteiger partial charge in [-0.05, 0) is 20.8 Å². The smallest absolute Gasteiger partial charge is 0.127 e. The molecule has 0 aliphatic rings. The Morgan fingerprint density at radius 2 is 2.06 bits per heavy atom. The lowest BCUT2D eigenvalue weighted by Crippen LogP contribution is -1.99. The SMILES string of the molecule is CCn1nc(C)c(-c2cc(N)ncn2)c1C. The Hall–Kier alpha value is -1.91. The van der Waals surface area contributed by atoms with E-state index in [4.69, 9.17) is 5.73 Å². The predicted molar refractivity (Wildman–Crippen MR) is 62.8 cm³/mol. The molecular weight excluding hydrogens is 202 g/mol. The summed E-state index contributed by atoms with van der Waals surface area (Å²) in [5.41, 5.74) is 9.62. The molecular formula is C11H15N5. The van der Waals surface area contributed by atoms with Crippen molar-refractivity contribution in [2.75, 3.05) is 5.73 Å². The van der Waals surface area contributed by atoms with E-state index in [-0.39, 0.29) is 0 Å². The minimum absolute atomic E-state index is 0.480. The molecule has 0 bridgehead atoms. The number of anilines is 1.